The molecule has 2 saturated heterocycles. The Morgan fingerprint density at radius 1 is 1.25 bits per heavy atom. The first-order valence-electron chi connectivity index (χ1n) is 12.5. The van der Waals surface area contributed by atoms with Gasteiger partial charge in [0.1, 0.15) is 17.5 Å². The lowest BCUT2D eigenvalue weighted by Gasteiger charge is -2.32. The van der Waals surface area contributed by atoms with Crippen molar-refractivity contribution in [3.05, 3.63) is 35.7 Å². The second kappa shape index (κ2) is 11.0. The lowest BCUT2D eigenvalue weighted by atomic mass is 9.83. The van der Waals surface area contributed by atoms with Crippen LogP contribution >= 0.6 is 0 Å². The Kier molecular flexibility index (Phi) is 7.77. The zero-order valence-electron chi connectivity index (χ0n) is 20.5. The van der Waals surface area contributed by atoms with Crippen LogP contribution in [0.5, 0.6) is 0 Å². The number of nitrogens with one attached hydrogen (secondary N) is 2. The molecule has 10 heteroatoms. The lowest BCUT2D eigenvalue weighted by molar-refractivity contribution is -0.119. The normalized spacial score (nSPS) is 21.4. The number of nitrogens with zero attached hydrogens (tertiary/aromatic N) is 3. The van der Waals surface area contributed by atoms with Gasteiger partial charge >= 0.3 is 6.09 Å². The van der Waals surface area contributed by atoms with Crippen molar-refractivity contribution in [1.82, 2.24) is 10.6 Å². The van der Waals surface area contributed by atoms with E-state index in [1.54, 1.807) is 18.2 Å². The molecular formula is C26H32FN5O4. The van der Waals surface area contributed by atoms with Gasteiger partial charge in [0.15, 0.2) is 0 Å². The van der Waals surface area contributed by atoms with Crippen LogP contribution in [0.15, 0.2) is 29.8 Å². The first kappa shape index (κ1) is 25.5. The fourth-order valence-electron chi connectivity index (χ4n) is 5.07. The van der Waals surface area contributed by atoms with Crippen LogP contribution in [0.3, 0.4) is 0 Å². The molecule has 4 rings (SSSR count). The molecule has 1 aromatic rings. The summed E-state index contributed by atoms with van der Waals surface area (Å²) in [6.45, 7) is 2.94. The number of anilines is 2. The monoisotopic (exact) mass is 497 g/mol. The van der Waals surface area contributed by atoms with Crippen molar-refractivity contribution in [2.24, 2.45) is 0 Å². The van der Waals surface area contributed by atoms with Gasteiger partial charge < -0.3 is 20.3 Å². The summed E-state index contributed by atoms with van der Waals surface area (Å²) in [7, 11) is 0. The first-order chi connectivity index (χ1) is 17.3. The number of carbonyl (C=O) groups is 3. The van der Waals surface area contributed by atoms with Crippen LogP contribution in [0.2, 0.25) is 0 Å². The average molecular weight is 498 g/mol. The fourth-order valence-corrected chi connectivity index (χ4v) is 5.07. The number of piperidine rings is 1. The second-order valence-electron chi connectivity index (χ2n) is 9.72. The van der Waals surface area contributed by atoms with Crippen LogP contribution in [0, 0.1) is 17.1 Å². The van der Waals surface area contributed by atoms with Crippen molar-refractivity contribution >= 4 is 29.3 Å². The van der Waals surface area contributed by atoms with Gasteiger partial charge in [-0.1, -0.05) is 24.8 Å². The predicted octanol–water partition coefficient (Wildman–Crippen LogP) is 3.16. The van der Waals surface area contributed by atoms with E-state index in [0.29, 0.717) is 50.1 Å². The average Bonchev–Trinajstić information content (AvgIpc) is 3.24. The van der Waals surface area contributed by atoms with Crippen LogP contribution in [0.25, 0.3) is 0 Å². The van der Waals surface area contributed by atoms with Crippen LogP contribution in [-0.2, 0) is 14.3 Å². The van der Waals surface area contributed by atoms with Crippen LogP contribution in [0.4, 0.5) is 20.6 Å². The van der Waals surface area contributed by atoms with E-state index in [2.05, 4.69) is 16.7 Å². The highest BCUT2D eigenvalue weighted by Gasteiger charge is 2.34. The highest BCUT2D eigenvalue weighted by atomic mass is 19.1. The Morgan fingerprint density at radius 3 is 2.61 bits per heavy atom. The molecule has 36 heavy (non-hydrogen) atoms. The molecule has 0 unspecified atom stereocenters. The van der Waals surface area contributed by atoms with Gasteiger partial charge in [0, 0.05) is 26.1 Å². The summed E-state index contributed by atoms with van der Waals surface area (Å²) in [5.41, 5.74) is 1.06. The Hall–Kier alpha value is -3.61. The molecule has 2 heterocycles. The fraction of sp³-hybridized carbons (Fsp3) is 0.538. The van der Waals surface area contributed by atoms with Crippen molar-refractivity contribution in [1.29, 1.82) is 5.26 Å². The maximum atomic E-state index is 15.0. The Labute approximate surface area is 210 Å². The van der Waals surface area contributed by atoms with E-state index in [1.807, 2.05) is 4.90 Å². The van der Waals surface area contributed by atoms with Crippen LogP contribution in [0.1, 0.15) is 51.9 Å². The molecular weight excluding hydrogens is 465 g/mol. The maximum absolute atomic E-state index is 15.0. The molecule has 1 aliphatic carbocycles. The van der Waals surface area contributed by atoms with Gasteiger partial charge in [-0.15, -0.1) is 0 Å². The Morgan fingerprint density at radius 2 is 1.97 bits per heavy atom. The SMILES string of the molecule is CC(=O)NC[C@H]1CN(c2ccc(N3CCC(=CC(=O)NC4(C#N)CCCCC4)CC3)c(F)c2)C(=O)O1. The van der Waals surface area contributed by atoms with Crippen molar-refractivity contribution in [3.8, 4) is 6.07 Å². The standard InChI is InChI=1S/C26H32FN5O4/c1-18(33)29-15-21-16-32(25(35)36-21)20-5-6-23(22(27)14-20)31-11-7-19(8-12-31)13-24(34)30-26(17-28)9-3-2-4-10-26/h5-6,13-14,21H,2-4,7-12,15-16H2,1H3,(H,29,33)(H,30,34)/t21-/m0/s1. The predicted molar refractivity (Wildman–Crippen MR) is 132 cm³/mol. The molecule has 1 saturated carbocycles. The molecule has 1 aromatic carbocycles. The number of hydrogen-bond acceptors (Lipinski definition) is 6. The zero-order valence-corrected chi connectivity index (χ0v) is 20.5. The molecule has 3 fully saturated rings. The summed E-state index contributed by atoms with van der Waals surface area (Å²) in [6, 6.07) is 6.96. The molecule has 0 spiro atoms. The highest BCUT2D eigenvalue weighted by Crippen LogP contribution is 2.31. The van der Waals surface area contributed by atoms with Gasteiger partial charge in [-0.05, 0) is 43.9 Å². The minimum atomic E-state index is -0.760. The number of ether oxygens (including phenoxy) is 1. The second-order valence-corrected chi connectivity index (χ2v) is 9.72. The summed E-state index contributed by atoms with van der Waals surface area (Å²) in [6.07, 6.45) is 6.13. The highest BCUT2D eigenvalue weighted by molar-refractivity contribution is 5.90. The van der Waals surface area contributed by atoms with Gasteiger partial charge in [0.05, 0.1) is 30.5 Å². The summed E-state index contributed by atoms with van der Waals surface area (Å²) in [5.74, 6) is -0.883. The van der Waals surface area contributed by atoms with Gasteiger partial charge in [-0.2, -0.15) is 5.26 Å². The molecule has 3 amide bonds. The van der Waals surface area contributed by atoms with Gasteiger partial charge in [-0.3, -0.25) is 14.5 Å². The van der Waals surface area contributed by atoms with Crippen LogP contribution in [-0.4, -0.2) is 55.7 Å². The van der Waals surface area contributed by atoms with Gasteiger partial charge in [0.25, 0.3) is 0 Å². The molecule has 0 radical (unpaired) electrons. The summed E-state index contributed by atoms with van der Waals surface area (Å²) in [4.78, 5) is 39.2. The molecule has 9 nitrogen and oxygen atoms in total. The number of cyclic esters (lactones) is 1. The van der Waals surface area contributed by atoms with E-state index < -0.39 is 23.6 Å². The lowest BCUT2D eigenvalue weighted by Crippen LogP contribution is -2.48. The Balaban J connectivity index is 1.33. The third kappa shape index (κ3) is 5.96. The topological polar surface area (TPSA) is 115 Å². The molecule has 1 atom stereocenters. The molecule has 3 aliphatic rings. The number of rotatable bonds is 6. The van der Waals surface area contributed by atoms with Gasteiger partial charge in [-0.25, -0.2) is 9.18 Å². The number of hydrogen-bond donors (Lipinski definition) is 2. The molecule has 2 N–H and O–H groups in total. The Bertz CT molecular complexity index is 1080. The van der Waals surface area contributed by atoms with Crippen molar-refractivity contribution in [2.75, 3.05) is 36.0 Å². The minimum absolute atomic E-state index is 0.206. The first-order valence-corrected chi connectivity index (χ1v) is 12.5. The molecule has 0 aromatic heterocycles. The van der Waals surface area contributed by atoms with E-state index >= 15 is 4.39 Å². The number of carbonyl (C=O) groups excluding carboxylic acids is 3. The summed E-state index contributed by atoms with van der Waals surface area (Å²) in [5, 5.41) is 15.1. The molecule has 0 bridgehead atoms. The van der Waals surface area contributed by atoms with E-state index in [0.717, 1.165) is 24.8 Å². The van der Waals surface area contributed by atoms with Crippen molar-refractivity contribution < 1.29 is 23.5 Å². The summed E-state index contributed by atoms with van der Waals surface area (Å²) >= 11 is 0. The van der Waals surface area contributed by atoms with E-state index in [-0.39, 0.29) is 24.9 Å². The van der Waals surface area contributed by atoms with E-state index in [9.17, 15) is 19.6 Å². The molecule has 2 aliphatic heterocycles. The van der Waals surface area contributed by atoms with E-state index in [4.69, 9.17) is 4.74 Å². The van der Waals surface area contributed by atoms with Crippen molar-refractivity contribution in [2.45, 2.75) is 63.5 Å². The minimum Gasteiger partial charge on any atom is -0.442 e. The zero-order chi connectivity index (χ0) is 25.7. The van der Waals surface area contributed by atoms with Crippen molar-refractivity contribution in [3.63, 3.8) is 0 Å². The number of halogens is 1. The van der Waals surface area contributed by atoms with Crippen LogP contribution < -0.4 is 20.4 Å². The van der Waals surface area contributed by atoms with Gasteiger partial charge in [0.2, 0.25) is 11.8 Å². The smallest absolute Gasteiger partial charge is 0.414 e. The molecule has 192 valence electrons. The summed E-state index contributed by atoms with van der Waals surface area (Å²) < 4.78 is 20.3. The quantitative estimate of drug-likeness (QED) is 0.584. The largest absolute Gasteiger partial charge is 0.442 e. The van der Waals surface area contributed by atoms with E-state index in [1.165, 1.54) is 17.9 Å². The maximum Gasteiger partial charge on any atom is 0.414 e. The number of nitriles is 1. The number of benzene rings is 1. The third-order valence-electron chi connectivity index (χ3n) is 7.06. The number of amides is 3. The third-order valence-corrected chi connectivity index (χ3v) is 7.06.